The molecule has 0 amide bonds. The molecule has 1 aromatic rings. The van der Waals surface area contributed by atoms with E-state index in [-0.39, 0.29) is 5.04 Å². The van der Waals surface area contributed by atoms with Gasteiger partial charge in [0.25, 0.3) is 8.32 Å². The van der Waals surface area contributed by atoms with Gasteiger partial charge in [-0.2, -0.15) is 0 Å². The summed E-state index contributed by atoms with van der Waals surface area (Å²) in [5.41, 5.74) is 0.968. The fourth-order valence-electron chi connectivity index (χ4n) is 1.17. The van der Waals surface area contributed by atoms with E-state index in [1.807, 2.05) is 37.4 Å². The van der Waals surface area contributed by atoms with Gasteiger partial charge in [-0.1, -0.05) is 26.8 Å². The molecule has 0 aromatic carbocycles. The highest BCUT2D eigenvalue weighted by molar-refractivity contribution is 6.74. The van der Waals surface area contributed by atoms with Crippen LogP contribution in [0.25, 0.3) is 6.08 Å². The lowest BCUT2D eigenvalue weighted by Crippen LogP contribution is -2.43. The van der Waals surface area contributed by atoms with Gasteiger partial charge in [0.1, 0.15) is 5.75 Å². The standard InChI is InChI=1S/C14H23NOSi/c1-7-8-12-9-10-13(11-15-12)16-17(5,6)14(2,3)4/h7-11H,1-6H3/b8-7+. The average molecular weight is 249 g/mol. The molecule has 3 heteroatoms. The number of pyridine rings is 1. The second kappa shape index (κ2) is 5.04. The Hall–Kier alpha value is -1.09. The highest BCUT2D eigenvalue weighted by Crippen LogP contribution is 2.37. The second-order valence-electron chi connectivity index (χ2n) is 5.78. The molecule has 0 aliphatic carbocycles. The Labute approximate surface area is 106 Å². The molecule has 94 valence electrons. The van der Waals surface area contributed by atoms with Crippen molar-refractivity contribution >= 4 is 14.4 Å². The summed E-state index contributed by atoms with van der Waals surface area (Å²) in [5.74, 6) is 0.879. The van der Waals surface area contributed by atoms with Gasteiger partial charge in [-0.05, 0) is 43.3 Å². The molecule has 0 aliphatic rings. The first-order chi connectivity index (χ1) is 7.76. The van der Waals surface area contributed by atoms with Gasteiger partial charge in [0, 0.05) is 0 Å². The Balaban J connectivity index is 2.83. The van der Waals surface area contributed by atoms with Crippen molar-refractivity contribution in [1.82, 2.24) is 4.98 Å². The summed E-state index contributed by atoms with van der Waals surface area (Å²) in [6.07, 6.45) is 5.78. The summed E-state index contributed by atoms with van der Waals surface area (Å²) >= 11 is 0. The zero-order valence-corrected chi connectivity index (χ0v) is 12.7. The summed E-state index contributed by atoms with van der Waals surface area (Å²) < 4.78 is 6.15. The highest BCUT2D eigenvalue weighted by atomic mass is 28.4. The van der Waals surface area contributed by atoms with E-state index in [2.05, 4.69) is 38.8 Å². The van der Waals surface area contributed by atoms with E-state index in [1.165, 1.54) is 0 Å². The molecule has 0 atom stereocenters. The molecule has 0 saturated carbocycles. The van der Waals surface area contributed by atoms with Crippen LogP contribution in [0.3, 0.4) is 0 Å². The minimum absolute atomic E-state index is 0.217. The lowest BCUT2D eigenvalue weighted by Gasteiger charge is -2.36. The number of aromatic nitrogens is 1. The van der Waals surface area contributed by atoms with Crippen molar-refractivity contribution in [2.45, 2.75) is 45.8 Å². The number of hydrogen-bond acceptors (Lipinski definition) is 2. The number of rotatable bonds is 3. The third-order valence-electron chi connectivity index (χ3n) is 3.28. The lowest BCUT2D eigenvalue weighted by atomic mass is 10.2. The van der Waals surface area contributed by atoms with E-state index >= 15 is 0 Å². The van der Waals surface area contributed by atoms with E-state index in [4.69, 9.17) is 4.43 Å². The van der Waals surface area contributed by atoms with Crippen LogP contribution in [0.4, 0.5) is 0 Å². The average Bonchev–Trinajstić information content (AvgIpc) is 2.19. The molecule has 2 nitrogen and oxygen atoms in total. The zero-order chi connectivity index (χ0) is 13.1. The fourth-order valence-corrected chi connectivity index (χ4v) is 2.19. The summed E-state index contributed by atoms with van der Waals surface area (Å²) in [4.78, 5) is 4.35. The second-order valence-corrected chi connectivity index (χ2v) is 10.5. The van der Waals surface area contributed by atoms with Gasteiger partial charge in [0.2, 0.25) is 0 Å². The zero-order valence-electron chi connectivity index (χ0n) is 11.7. The van der Waals surface area contributed by atoms with Crippen molar-refractivity contribution in [3.8, 4) is 5.75 Å². The van der Waals surface area contributed by atoms with Crippen LogP contribution in [-0.2, 0) is 0 Å². The van der Waals surface area contributed by atoms with Crippen LogP contribution in [0.1, 0.15) is 33.4 Å². The van der Waals surface area contributed by atoms with Gasteiger partial charge in [0.15, 0.2) is 0 Å². The Morgan fingerprint density at radius 3 is 2.29 bits per heavy atom. The van der Waals surface area contributed by atoms with E-state index in [1.54, 1.807) is 0 Å². The largest absolute Gasteiger partial charge is 0.542 e. The topological polar surface area (TPSA) is 22.1 Å². The first-order valence-corrected chi connectivity index (χ1v) is 8.95. The van der Waals surface area contributed by atoms with Crippen LogP contribution < -0.4 is 4.43 Å². The number of hydrogen-bond donors (Lipinski definition) is 0. The maximum atomic E-state index is 6.15. The predicted octanol–water partition coefficient (Wildman–Crippen LogP) is 4.50. The Bertz CT molecular complexity index is 388. The summed E-state index contributed by atoms with van der Waals surface area (Å²) in [5, 5.41) is 0.217. The molecule has 0 fully saturated rings. The van der Waals surface area contributed by atoms with E-state index in [9.17, 15) is 0 Å². The lowest BCUT2D eigenvalue weighted by molar-refractivity contribution is 0.490. The third kappa shape index (κ3) is 3.70. The van der Waals surface area contributed by atoms with Gasteiger partial charge in [-0.25, -0.2) is 0 Å². The van der Waals surface area contributed by atoms with Crippen LogP contribution in [0.2, 0.25) is 18.1 Å². The summed E-state index contributed by atoms with van der Waals surface area (Å²) in [6, 6.07) is 3.99. The SMILES string of the molecule is C/C=C/c1ccc(O[Si](C)(C)C(C)(C)C)cn1. The molecule has 0 aliphatic heterocycles. The van der Waals surface area contributed by atoms with E-state index < -0.39 is 8.32 Å². The van der Waals surface area contributed by atoms with Gasteiger partial charge in [-0.3, -0.25) is 4.98 Å². The minimum atomic E-state index is -1.74. The first-order valence-electron chi connectivity index (χ1n) is 6.04. The third-order valence-corrected chi connectivity index (χ3v) is 7.63. The van der Waals surface area contributed by atoms with E-state index in [0.29, 0.717) is 0 Å². The first kappa shape index (κ1) is 14.0. The molecule has 0 radical (unpaired) electrons. The van der Waals surface area contributed by atoms with Crippen molar-refractivity contribution in [2.75, 3.05) is 0 Å². The van der Waals surface area contributed by atoms with E-state index in [0.717, 1.165) is 11.4 Å². The molecule has 0 bridgehead atoms. The monoisotopic (exact) mass is 249 g/mol. The molecule has 1 rings (SSSR count). The van der Waals surface area contributed by atoms with Crippen molar-refractivity contribution in [1.29, 1.82) is 0 Å². The number of allylic oxidation sites excluding steroid dienone is 1. The van der Waals surface area contributed by atoms with Gasteiger partial charge in [0.05, 0.1) is 11.9 Å². The molecule has 1 aromatic heterocycles. The van der Waals surface area contributed by atoms with Crippen LogP contribution in [-0.4, -0.2) is 13.3 Å². The molecule has 0 unspecified atom stereocenters. The van der Waals surface area contributed by atoms with Crippen molar-refractivity contribution in [3.63, 3.8) is 0 Å². The summed E-state index contributed by atoms with van der Waals surface area (Å²) in [7, 11) is -1.74. The van der Waals surface area contributed by atoms with Crippen molar-refractivity contribution in [3.05, 3.63) is 30.1 Å². The molecular weight excluding hydrogens is 226 g/mol. The minimum Gasteiger partial charge on any atom is -0.542 e. The van der Waals surface area contributed by atoms with Crippen molar-refractivity contribution in [2.24, 2.45) is 0 Å². The van der Waals surface area contributed by atoms with Crippen LogP contribution in [0.5, 0.6) is 5.75 Å². The molecular formula is C14H23NOSi. The maximum Gasteiger partial charge on any atom is 0.250 e. The predicted molar refractivity (Wildman–Crippen MR) is 76.8 cm³/mol. The summed E-state index contributed by atoms with van der Waals surface area (Å²) in [6.45, 7) is 13.2. The highest BCUT2D eigenvalue weighted by Gasteiger charge is 2.38. The number of nitrogens with zero attached hydrogens (tertiary/aromatic N) is 1. The molecule has 0 spiro atoms. The van der Waals surface area contributed by atoms with Crippen LogP contribution in [0.15, 0.2) is 24.4 Å². The fraction of sp³-hybridized carbons (Fsp3) is 0.500. The van der Waals surface area contributed by atoms with Crippen LogP contribution >= 0.6 is 0 Å². The Morgan fingerprint density at radius 1 is 1.24 bits per heavy atom. The Kier molecular flexibility index (Phi) is 4.15. The molecule has 1 heterocycles. The molecule has 0 N–H and O–H groups in total. The quantitative estimate of drug-likeness (QED) is 0.736. The van der Waals surface area contributed by atoms with Crippen molar-refractivity contribution < 1.29 is 4.43 Å². The smallest absolute Gasteiger partial charge is 0.250 e. The molecule has 17 heavy (non-hydrogen) atoms. The van der Waals surface area contributed by atoms with Gasteiger partial charge >= 0.3 is 0 Å². The van der Waals surface area contributed by atoms with Crippen LogP contribution in [0, 0.1) is 0 Å². The maximum absolute atomic E-state index is 6.15. The Morgan fingerprint density at radius 2 is 1.88 bits per heavy atom. The van der Waals surface area contributed by atoms with Gasteiger partial charge in [-0.15, -0.1) is 0 Å². The normalized spacial score (nSPS) is 13.1. The molecule has 0 saturated heterocycles. The van der Waals surface area contributed by atoms with Gasteiger partial charge < -0.3 is 4.43 Å².